The highest BCUT2D eigenvalue weighted by Crippen LogP contribution is 2.41. The number of nitriles is 1. The van der Waals surface area contributed by atoms with Gasteiger partial charge in [0.05, 0.1) is 13.2 Å². The number of aliphatic hydroxyl groups is 1. The fourth-order valence-corrected chi connectivity index (χ4v) is 5.52. The molecule has 0 saturated carbocycles. The molecule has 0 radical (unpaired) electrons. The number of methoxy groups -OCH3 is 1. The highest BCUT2D eigenvalue weighted by Gasteiger charge is 2.26. The average Bonchev–Trinajstić information content (AvgIpc) is 3.46. The first-order valence-corrected chi connectivity index (χ1v) is 12.5. The van der Waals surface area contributed by atoms with Gasteiger partial charge in [-0.2, -0.15) is 5.26 Å². The number of aryl methyl sites for hydroxylation is 2. The normalized spacial score (nSPS) is 15.7. The molecule has 4 nitrogen and oxygen atoms in total. The van der Waals surface area contributed by atoms with Gasteiger partial charge in [-0.15, -0.1) is 11.3 Å². The standard InChI is InChI=1S/C27H33NO3S/c1-31-27(30)25-17-16-24(32-25)9-6-8-21-14-15-23(19-28)26(21)22-12-10-20(11-13-22)7-4-2-3-5-18-29/h10-13,16-17,21,29H,2-9,14-15,18H2,1H3/t21-/m0/s1. The smallest absolute Gasteiger partial charge is 0.348 e. The summed E-state index contributed by atoms with van der Waals surface area (Å²) < 4.78 is 4.79. The number of aliphatic hydroxyl groups excluding tert-OH is 1. The molecule has 1 heterocycles. The molecule has 0 spiro atoms. The van der Waals surface area contributed by atoms with Gasteiger partial charge in [-0.25, -0.2) is 4.79 Å². The van der Waals surface area contributed by atoms with E-state index in [1.54, 1.807) is 0 Å². The van der Waals surface area contributed by atoms with Gasteiger partial charge in [0.25, 0.3) is 0 Å². The number of nitrogens with zero attached hydrogens (tertiary/aromatic N) is 1. The summed E-state index contributed by atoms with van der Waals surface area (Å²) in [5, 5.41) is 18.5. The van der Waals surface area contributed by atoms with Crippen LogP contribution in [0.4, 0.5) is 0 Å². The van der Waals surface area contributed by atoms with Crippen molar-refractivity contribution in [1.29, 1.82) is 5.26 Å². The van der Waals surface area contributed by atoms with Gasteiger partial charge < -0.3 is 9.84 Å². The van der Waals surface area contributed by atoms with E-state index in [0.717, 1.165) is 69.8 Å². The number of rotatable bonds is 12. The number of unbranched alkanes of at least 4 members (excludes halogenated alkanes) is 3. The Kier molecular flexibility index (Phi) is 9.52. The Labute approximate surface area is 195 Å². The molecule has 170 valence electrons. The lowest BCUT2D eigenvalue weighted by Gasteiger charge is -2.16. The Bertz CT molecular complexity index is 952. The van der Waals surface area contributed by atoms with E-state index >= 15 is 0 Å². The van der Waals surface area contributed by atoms with E-state index in [1.807, 2.05) is 12.1 Å². The first-order chi connectivity index (χ1) is 15.7. The maximum atomic E-state index is 11.6. The first-order valence-electron chi connectivity index (χ1n) is 11.7. The fourth-order valence-electron chi connectivity index (χ4n) is 4.55. The van der Waals surface area contributed by atoms with Gasteiger partial charge >= 0.3 is 5.97 Å². The van der Waals surface area contributed by atoms with Gasteiger partial charge in [-0.3, -0.25) is 0 Å². The third-order valence-electron chi connectivity index (χ3n) is 6.27. The summed E-state index contributed by atoms with van der Waals surface area (Å²) in [4.78, 5) is 13.5. The molecule has 0 unspecified atom stereocenters. The molecule has 3 rings (SSSR count). The van der Waals surface area contributed by atoms with E-state index in [4.69, 9.17) is 9.84 Å². The fraction of sp³-hybridized carbons (Fsp3) is 0.481. The molecule has 0 bridgehead atoms. The van der Waals surface area contributed by atoms with E-state index in [-0.39, 0.29) is 12.6 Å². The molecule has 1 N–H and O–H groups in total. The second kappa shape index (κ2) is 12.6. The van der Waals surface area contributed by atoms with E-state index < -0.39 is 0 Å². The number of carbonyl (C=O) groups is 1. The Morgan fingerprint density at radius 3 is 2.59 bits per heavy atom. The van der Waals surface area contributed by atoms with Crippen LogP contribution < -0.4 is 0 Å². The van der Waals surface area contributed by atoms with E-state index in [0.29, 0.717) is 10.8 Å². The molecule has 1 aliphatic carbocycles. The zero-order valence-electron chi connectivity index (χ0n) is 18.9. The van der Waals surface area contributed by atoms with Crippen molar-refractivity contribution in [2.75, 3.05) is 13.7 Å². The van der Waals surface area contributed by atoms with E-state index in [9.17, 15) is 10.1 Å². The predicted octanol–water partition coefficient (Wildman–Crippen LogP) is 6.34. The van der Waals surface area contributed by atoms with Gasteiger partial charge in [0.1, 0.15) is 4.88 Å². The lowest BCUT2D eigenvalue weighted by molar-refractivity contribution is 0.0606. The van der Waals surface area contributed by atoms with E-state index in [1.165, 1.54) is 40.0 Å². The molecular weight excluding hydrogens is 418 g/mol. The second-order valence-electron chi connectivity index (χ2n) is 8.47. The SMILES string of the molecule is COC(=O)c1ccc(CCC[C@H]2CCC(C#N)=C2c2ccc(CCCCCCO)cc2)s1. The Morgan fingerprint density at radius 2 is 1.88 bits per heavy atom. The molecule has 2 aromatic rings. The number of carbonyl (C=O) groups excluding carboxylic acids is 1. The summed E-state index contributed by atoms with van der Waals surface area (Å²) in [5.41, 5.74) is 4.71. The molecule has 32 heavy (non-hydrogen) atoms. The summed E-state index contributed by atoms with van der Waals surface area (Å²) in [6, 6.07) is 15.1. The summed E-state index contributed by atoms with van der Waals surface area (Å²) in [7, 11) is 1.41. The molecule has 1 aromatic heterocycles. The van der Waals surface area contributed by atoms with Crippen LogP contribution in [0.1, 0.15) is 77.0 Å². The summed E-state index contributed by atoms with van der Waals surface area (Å²) in [6.07, 6.45) is 10.3. The van der Waals surface area contributed by atoms with Crippen LogP contribution in [-0.2, 0) is 17.6 Å². The van der Waals surface area contributed by atoms with Crippen LogP contribution in [-0.4, -0.2) is 24.8 Å². The van der Waals surface area contributed by atoms with Crippen LogP contribution in [0.3, 0.4) is 0 Å². The number of thiophene rings is 1. The van der Waals surface area contributed by atoms with Crippen LogP contribution >= 0.6 is 11.3 Å². The molecule has 0 amide bonds. The predicted molar refractivity (Wildman–Crippen MR) is 130 cm³/mol. The van der Waals surface area contributed by atoms with Crippen LogP contribution in [0.2, 0.25) is 0 Å². The molecule has 5 heteroatoms. The zero-order valence-corrected chi connectivity index (χ0v) is 19.8. The summed E-state index contributed by atoms with van der Waals surface area (Å²) >= 11 is 1.51. The number of hydrogen-bond donors (Lipinski definition) is 1. The third kappa shape index (κ3) is 6.54. The topological polar surface area (TPSA) is 70.3 Å². The lowest BCUT2D eigenvalue weighted by Crippen LogP contribution is -2.01. The number of ether oxygens (including phenoxy) is 1. The molecule has 0 saturated heterocycles. The molecule has 1 aliphatic rings. The molecule has 1 aromatic carbocycles. The second-order valence-corrected chi connectivity index (χ2v) is 9.64. The van der Waals surface area contributed by atoms with Crippen molar-refractivity contribution >= 4 is 22.9 Å². The molecule has 0 fully saturated rings. The van der Waals surface area contributed by atoms with Gasteiger partial charge in [0, 0.05) is 17.1 Å². The number of esters is 1. The quantitative estimate of drug-likeness (QED) is 0.302. The average molecular weight is 452 g/mol. The van der Waals surface area contributed by atoms with Crippen molar-refractivity contribution in [2.24, 2.45) is 5.92 Å². The van der Waals surface area contributed by atoms with Gasteiger partial charge in [-0.1, -0.05) is 37.1 Å². The lowest BCUT2D eigenvalue weighted by atomic mass is 9.89. The van der Waals surface area contributed by atoms with Crippen molar-refractivity contribution in [3.63, 3.8) is 0 Å². The number of allylic oxidation sites excluding steroid dienone is 2. The molecular formula is C27H33NO3S. The van der Waals surface area contributed by atoms with Crippen molar-refractivity contribution in [2.45, 2.75) is 64.2 Å². The van der Waals surface area contributed by atoms with Crippen LogP contribution in [0.25, 0.3) is 5.57 Å². The highest BCUT2D eigenvalue weighted by atomic mass is 32.1. The van der Waals surface area contributed by atoms with Crippen molar-refractivity contribution in [3.8, 4) is 6.07 Å². The van der Waals surface area contributed by atoms with E-state index in [2.05, 4.69) is 30.3 Å². The minimum Gasteiger partial charge on any atom is -0.465 e. The number of benzene rings is 1. The van der Waals surface area contributed by atoms with Gasteiger partial charge in [-0.05, 0) is 86.1 Å². The van der Waals surface area contributed by atoms with Crippen LogP contribution in [0.5, 0.6) is 0 Å². The van der Waals surface area contributed by atoms with Gasteiger partial charge in [0.2, 0.25) is 0 Å². The minimum absolute atomic E-state index is 0.269. The largest absolute Gasteiger partial charge is 0.465 e. The molecule has 0 aliphatic heterocycles. The van der Waals surface area contributed by atoms with Gasteiger partial charge in [0.15, 0.2) is 0 Å². The monoisotopic (exact) mass is 451 g/mol. The Hall–Kier alpha value is -2.42. The van der Waals surface area contributed by atoms with Crippen LogP contribution in [0, 0.1) is 17.2 Å². The third-order valence-corrected chi connectivity index (χ3v) is 7.40. The van der Waals surface area contributed by atoms with Crippen molar-refractivity contribution in [3.05, 3.63) is 62.9 Å². The van der Waals surface area contributed by atoms with Crippen molar-refractivity contribution < 1.29 is 14.6 Å². The molecule has 1 atom stereocenters. The zero-order chi connectivity index (χ0) is 22.8. The maximum absolute atomic E-state index is 11.6. The summed E-state index contributed by atoms with van der Waals surface area (Å²) in [6.45, 7) is 0.286. The highest BCUT2D eigenvalue weighted by molar-refractivity contribution is 7.13. The van der Waals surface area contributed by atoms with Crippen LogP contribution in [0.15, 0.2) is 42.0 Å². The minimum atomic E-state index is -0.269. The Morgan fingerprint density at radius 1 is 1.09 bits per heavy atom. The van der Waals surface area contributed by atoms with Crippen molar-refractivity contribution in [1.82, 2.24) is 0 Å². The number of hydrogen-bond acceptors (Lipinski definition) is 5. The maximum Gasteiger partial charge on any atom is 0.348 e. The Balaban J connectivity index is 1.56. The first kappa shape index (κ1) is 24.2. The summed E-state index contributed by atoms with van der Waals surface area (Å²) in [5.74, 6) is 0.156.